The number of anilines is 2. The summed E-state index contributed by atoms with van der Waals surface area (Å²) in [5.41, 5.74) is 7.58. The van der Waals surface area contributed by atoms with Gasteiger partial charge in [-0.1, -0.05) is 0 Å². The summed E-state index contributed by atoms with van der Waals surface area (Å²) in [6.07, 6.45) is 7.51. The van der Waals surface area contributed by atoms with Crippen LogP contribution in [0.2, 0.25) is 0 Å². The number of carbonyl (C=O) groups excluding carboxylic acids is 3. The van der Waals surface area contributed by atoms with E-state index in [1.54, 1.807) is 31.3 Å². The zero-order chi connectivity index (χ0) is 25.2. The minimum atomic E-state index is -0.536. The van der Waals surface area contributed by atoms with Crippen LogP contribution in [0.3, 0.4) is 0 Å². The van der Waals surface area contributed by atoms with Crippen LogP contribution < -0.4 is 21.3 Å². The molecule has 190 valence electrons. The molecule has 2 bridgehead atoms. The molecule has 9 nitrogen and oxygen atoms in total. The standard InChI is InChI=1S/C27H33N5O4/c1-16(33)18-5-9-25(30-14-18)32-20-6-7-21(32)13-19(12-20)31-27(35)17-4-8-23(26(28)34)24(11-17)29-15-22-3-2-10-36-22/h4-5,8-9,11,14,19-22,29H,2-3,6-7,10,12-13,15H2,1H3,(H2,28,34)(H,31,35)/t19?,20-,21+,22?. The number of aromatic nitrogens is 1. The van der Waals surface area contributed by atoms with Crippen molar-refractivity contribution in [2.75, 3.05) is 23.4 Å². The minimum absolute atomic E-state index is 0.00697. The van der Waals surface area contributed by atoms with Gasteiger partial charge in [0.05, 0.1) is 11.7 Å². The number of pyridine rings is 1. The van der Waals surface area contributed by atoms with Crippen LogP contribution in [0.5, 0.6) is 0 Å². The fourth-order valence-electron chi connectivity index (χ4n) is 5.76. The number of fused-ring (bicyclic) bond motifs is 2. The quantitative estimate of drug-likeness (QED) is 0.485. The largest absolute Gasteiger partial charge is 0.382 e. The smallest absolute Gasteiger partial charge is 0.251 e. The number of rotatable bonds is 8. The van der Waals surface area contributed by atoms with Gasteiger partial charge in [-0.15, -0.1) is 0 Å². The van der Waals surface area contributed by atoms with Crippen molar-refractivity contribution < 1.29 is 19.1 Å². The third-order valence-electron chi connectivity index (χ3n) is 7.58. The predicted octanol–water partition coefficient (Wildman–Crippen LogP) is 2.90. The number of Topliss-reactive ketones (excluding diaryl/α,β-unsaturated/α-hetero) is 1. The molecule has 0 saturated carbocycles. The molecule has 3 fully saturated rings. The number of nitrogens with two attached hydrogens (primary N) is 1. The van der Waals surface area contributed by atoms with Gasteiger partial charge in [-0.3, -0.25) is 14.4 Å². The summed E-state index contributed by atoms with van der Waals surface area (Å²) < 4.78 is 5.65. The fourth-order valence-corrected chi connectivity index (χ4v) is 5.76. The summed E-state index contributed by atoms with van der Waals surface area (Å²) in [7, 11) is 0. The number of piperidine rings is 1. The molecular formula is C27H33N5O4. The lowest BCUT2D eigenvalue weighted by molar-refractivity contribution is 0.0924. The molecule has 3 saturated heterocycles. The number of ketones is 1. The third kappa shape index (κ3) is 5.06. The molecule has 2 amide bonds. The van der Waals surface area contributed by atoms with Crippen molar-refractivity contribution in [1.82, 2.24) is 10.3 Å². The molecule has 4 atom stereocenters. The van der Waals surface area contributed by atoms with Crippen LogP contribution in [0.15, 0.2) is 36.5 Å². The Labute approximate surface area is 210 Å². The molecule has 36 heavy (non-hydrogen) atoms. The highest BCUT2D eigenvalue weighted by atomic mass is 16.5. The van der Waals surface area contributed by atoms with E-state index >= 15 is 0 Å². The summed E-state index contributed by atoms with van der Waals surface area (Å²) in [6.45, 7) is 2.85. The van der Waals surface area contributed by atoms with Crippen LogP contribution in [0.25, 0.3) is 0 Å². The van der Waals surface area contributed by atoms with Crippen molar-refractivity contribution >= 4 is 29.1 Å². The molecular weight excluding hydrogens is 458 g/mol. The van der Waals surface area contributed by atoms with E-state index in [-0.39, 0.29) is 23.8 Å². The molecule has 0 spiro atoms. The maximum absolute atomic E-state index is 13.2. The number of hydrogen-bond acceptors (Lipinski definition) is 7. The molecule has 2 unspecified atom stereocenters. The molecule has 4 heterocycles. The second-order valence-corrected chi connectivity index (χ2v) is 10.0. The number of hydrogen-bond donors (Lipinski definition) is 3. The van der Waals surface area contributed by atoms with Crippen LogP contribution in [0, 0.1) is 0 Å². The molecule has 2 aromatic rings. The molecule has 3 aliphatic rings. The fraction of sp³-hybridized carbons (Fsp3) is 0.481. The Bertz CT molecular complexity index is 1130. The highest BCUT2D eigenvalue weighted by Crippen LogP contribution is 2.38. The van der Waals surface area contributed by atoms with Gasteiger partial charge >= 0.3 is 0 Å². The van der Waals surface area contributed by atoms with Crippen LogP contribution in [0.4, 0.5) is 11.5 Å². The third-order valence-corrected chi connectivity index (χ3v) is 7.58. The van der Waals surface area contributed by atoms with Crippen molar-refractivity contribution in [3.05, 3.63) is 53.2 Å². The Kier molecular flexibility index (Phi) is 6.91. The second-order valence-electron chi connectivity index (χ2n) is 10.0. The van der Waals surface area contributed by atoms with E-state index in [4.69, 9.17) is 10.5 Å². The summed E-state index contributed by atoms with van der Waals surface area (Å²) in [5.74, 6) is 0.201. The van der Waals surface area contributed by atoms with Crippen LogP contribution in [-0.4, -0.2) is 60.0 Å². The van der Waals surface area contributed by atoms with Gasteiger partial charge < -0.3 is 26.0 Å². The van der Waals surface area contributed by atoms with E-state index in [9.17, 15) is 14.4 Å². The minimum Gasteiger partial charge on any atom is -0.382 e. The first-order valence-electron chi connectivity index (χ1n) is 12.7. The Morgan fingerprint density at radius 2 is 1.83 bits per heavy atom. The van der Waals surface area contributed by atoms with Crippen molar-refractivity contribution in [2.45, 2.75) is 69.7 Å². The first-order chi connectivity index (χ1) is 17.4. The summed E-state index contributed by atoms with van der Waals surface area (Å²) in [6, 6.07) is 9.37. The van der Waals surface area contributed by atoms with Gasteiger partial charge in [-0.05, 0) is 75.8 Å². The van der Waals surface area contributed by atoms with E-state index in [0.717, 1.165) is 50.9 Å². The summed E-state index contributed by atoms with van der Waals surface area (Å²) >= 11 is 0. The second kappa shape index (κ2) is 10.3. The maximum atomic E-state index is 13.2. The monoisotopic (exact) mass is 491 g/mol. The Morgan fingerprint density at radius 3 is 2.44 bits per heavy atom. The number of ether oxygens (including phenoxy) is 1. The highest BCUT2D eigenvalue weighted by molar-refractivity contribution is 6.02. The number of benzene rings is 1. The first-order valence-corrected chi connectivity index (χ1v) is 12.7. The zero-order valence-electron chi connectivity index (χ0n) is 20.5. The van der Waals surface area contributed by atoms with Gasteiger partial charge in [-0.2, -0.15) is 0 Å². The average molecular weight is 492 g/mol. The Hall–Kier alpha value is -3.46. The lowest BCUT2D eigenvalue weighted by atomic mass is 9.96. The first kappa shape index (κ1) is 24.2. The average Bonchev–Trinajstić information content (AvgIpc) is 3.48. The number of nitrogens with one attached hydrogen (secondary N) is 2. The molecule has 1 aromatic heterocycles. The van der Waals surface area contributed by atoms with E-state index < -0.39 is 5.91 Å². The zero-order valence-corrected chi connectivity index (χ0v) is 20.5. The van der Waals surface area contributed by atoms with Gasteiger partial charge in [0, 0.05) is 54.3 Å². The molecule has 0 aliphatic carbocycles. The Balaban J connectivity index is 1.24. The van der Waals surface area contributed by atoms with Gasteiger partial charge in [-0.25, -0.2) is 4.98 Å². The van der Waals surface area contributed by atoms with Crippen molar-refractivity contribution in [3.8, 4) is 0 Å². The normalized spacial score (nSPS) is 25.0. The van der Waals surface area contributed by atoms with Crippen molar-refractivity contribution in [3.63, 3.8) is 0 Å². The lowest BCUT2D eigenvalue weighted by Gasteiger charge is -2.40. The molecule has 3 aliphatic heterocycles. The number of carbonyl (C=O) groups is 3. The van der Waals surface area contributed by atoms with Gasteiger partial charge in [0.25, 0.3) is 11.8 Å². The summed E-state index contributed by atoms with van der Waals surface area (Å²) in [4.78, 5) is 43.5. The molecule has 9 heteroatoms. The maximum Gasteiger partial charge on any atom is 0.251 e. The van der Waals surface area contributed by atoms with E-state index in [1.165, 1.54) is 0 Å². The van der Waals surface area contributed by atoms with Crippen LogP contribution in [0.1, 0.15) is 76.5 Å². The number of nitrogens with zero attached hydrogens (tertiary/aromatic N) is 2. The number of amides is 2. The van der Waals surface area contributed by atoms with Gasteiger partial charge in [0.2, 0.25) is 0 Å². The van der Waals surface area contributed by atoms with E-state index in [2.05, 4.69) is 20.5 Å². The summed E-state index contributed by atoms with van der Waals surface area (Å²) in [5, 5.41) is 6.46. The molecule has 0 radical (unpaired) electrons. The lowest BCUT2D eigenvalue weighted by Crippen LogP contribution is -2.50. The van der Waals surface area contributed by atoms with Crippen molar-refractivity contribution in [1.29, 1.82) is 0 Å². The topological polar surface area (TPSA) is 127 Å². The van der Waals surface area contributed by atoms with Crippen LogP contribution in [-0.2, 0) is 4.74 Å². The van der Waals surface area contributed by atoms with E-state index in [1.807, 2.05) is 12.1 Å². The highest BCUT2D eigenvalue weighted by Gasteiger charge is 2.41. The molecule has 1 aromatic carbocycles. The molecule has 5 rings (SSSR count). The van der Waals surface area contributed by atoms with Gasteiger partial charge in [0.1, 0.15) is 5.82 Å². The van der Waals surface area contributed by atoms with Crippen molar-refractivity contribution in [2.24, 2.45) is 5.73 Å². The molecule has 4 N–H and O–H groups in total. The predicted molar refractivity (Wildman–Crippen MR) is 136 cm³/mol. The number of primary amides is 1. The SMILES string of the molecule is CC(=O)c1ccc(N2[C@@H]3CC[C@H]2CC(NC(=O)c2ccc(C(N)=O)c(NCC4CCCO4)c2)C3)nc1. The van der Waals surface area contributed by atoms with Crippen LogP contribution >= 0.6 is 0 Å². The van der Waals surface area contributed by atoms with Gasteiger partial charge in [0.15, 0.2) is 5.78 Å². The Morgan fingerprint density at radius 1 is 1.08 bits per heavy atom. The van der Waals surface area contributed by atoms with E-state index in [0.29, 0.717) is 41.0 Å².